The summed E-state index contributed by atoms with van der Waals surface area (Å²) in [6.07, 6.45) is 1.92. The van der Waals surface area contributed by atoms with Crippen molar-refractivity contribution in [2.45, 2.75) is 0 Å². The van der Waals surface area contributed by atoms with Gasteiger partial charge in [-0.05, 0) is 65.0 Å². The number of nitrogens with zero attached hydrogens (tertiary/aromatic N) is 2. The molecular weight excluding hydrogens is 380 g/mol. The molecular formula is C28H16N2O. The molecule has 0 unspecified atom stereocenters. The fraction of sp³-hybridized carbons (Fsp3) is 0. The molecule has 144 valence electrons. The van der Waals surface area contributed by atoms with E-state index in [0.29, 0.717) is 5.56 Å². The molecule has 0 N–H and O–H groups in total. The third-order valence-corrected chi connectivity index (χ3v) is 5.75. The molecule has 31 heavy (non-hydrogen) atoms. The SMILES string of the molecule is N#Cc1ccc(-c2ccc3c(c2)oc2ccc(-c4cc5ccccc5cn4)cc23)cc1. The Morgan fingerprint density at radius 3 is 2.26 bits per heavy atom. The van der Waals surface area contributed by atoms with Crippen molar-refractivity contribution in [1.82, 2.24) is 4.98 Å². The average molecular weight is 396 g/mol. The molecule has 6 aromatic rings. The van der Waals surface area contributed by atoms with Gasteiger partial charge in [-0.25, -0.2) is 0 Å². The molecule has 0 fully saturated rings. The Balaban J connectivity index is 1.46. The fourth-order valence-corrected chi connectivity index (χ4v) is 4.09. The monoisotopic (exact) mass is 396 g/mol. The molecule has 0 aliphatic rings. The molecule has 3 heteroatoms. The van der Waals surface area contributed by atoms with Gasteiger partial charge in [0, 0.05) is 27.9 Å². The Hall–Kier alpha value is -4.42. The average Bonchev–Trinajstić information content (AvgIpc) is 3.21. The van der Waals surface area contributed by atoms with Gasteiger partial charge in [-0.3, -0.25) is 4.98 Å². The number of furan rings is 1. The number of benzene rings is 4. The van der Waals surface area contributed by atoms with Gasteiger partial charge in [0.2, 0.25) is 0 Å². The van der Waals surface area contributed by atoms with Crippen LogP contribution < -0.4 is 0 Å². The lowest BCUT2D eigenvalue weighted by Crippen LogP contribution is -1.84. The van der Waals surface area contributed by atoms with Gasteiger partial charge < -0.3 is 4.42 Å². The molecule has 0 spiro atoms. The topological polar surface area (TPSA) is 49.8 Å². The number of aromatic nitrogens is 1. The van der Waals surface area contributed by atoms with E-state index in [4.69, 9.17) is 9.68 Å². The Labute approximate surface area is 178 Å². The van der Waals surface area contributed by atoms with Gasteiger partial charge in [-0.2, -0.15) is 5.26 Å². The predicted octanol–water partition coefficient (Wildman–Crippen LogP) is 7.34. The molecule has 0 saturated carbocycles. The van der Waals surface area contributed by atoms with Crippen molar-refractivity contribution in [2.75, 3.05) is 0 Å². The number of fused-ring (bicyclic) bond motifs is 4. The van der Waals surface area contributed by atoms with Crippen molar-refractivity contribution in [3.05, 3.63) is 103 Å². The zero-order chi connectivity index (χ0) is 20.8. The third kappa shape index (κ3) is 2.94. The highest BCUT2D eigenvalue weighted by Crippen LogP contribution is 2.34. The van der Waals surface area contributed by atoms with E-state index in [1.165, 1.54) is 5.39 Å². The summed E-state index contributed by atoms with van der Waals surface area (Å²) < 4.78 is 6.15. The van der Waals surface area contributed by atoms with E-state index in [2.05, 4.69) is 59.6 Å². The lowest BCUT2D eigenvalue weighted by atomic mass is 10.0. The molecule has 0 atom stereocenters. The minimum atomic E-state index is 0.656. The second-order valence-corrected chi connectivity index (χ2v) is 7.63. The highest BCUT2D eigenvalue weighted by Gasteiger charge is 2.11. The molecule has 0 radical (unpaired) electrons. The van der Waals surface area contributed by atoms with Gasteiger partial charge in [0.15, 0.2) is 0 Å². The van der Waals surface area contributed by atoms with E-state index in [1.807, 2.05) is 48.7 Å². The maximum absolute atomic E-state index is 9.01. The van der Waals surface area contributed by atoms with Gasteiger partial charge in [-0.15, -0.1) is 0 Å². The van der Waals surface area contributed by atoms with Gasteiger partial charge in [-0.1, -0.05) is 42.5 Å². The van der Waals surface area contributed by atoms with Gasteiger partial charge in [0.1, 0.15) is 11.2 Å². The van der Waals surface area contributed by atoms with Crippen molar-refractivity contribution in [3.8, 4) is 28.5 Å². The number of hydrogen-bond acceptors (Lipinski definition) is 3. The first kappa shape index (κ1) is 17.4. The molecule has 2 heterocycles. The van der Waals surface area contributed by atoms with Crippen LogP contribution in [0.4, 0.5) is 0 Å². The Morgan fingerprint density at radius 2 is 1.42 bits per heavy atom. The van der Waals surface area contributed by atoms with E-state index in [9.17, 15) is 0 Å². The van der Waals surface area contributed by atoms with Crippen molar-refractivity contribution in [2.24, 2.45) is 0 Å². The van der Waals surface area contributed by atoms with Crippen LogP contribution in [0.25, 0.3) is 55.1 Å². The Morgan fingerprint density at radius 1 is 0.645 bits per heavy atom. The lowest BCUT2D eigenvalue weighted by Gasteiger charge is -2.04. The zero-order valence-electron chi connectivity index (χ0n) is 16.5. The largest absolute Gasteiger partial charge is 0.456 e. The highest BCUT2D eigenvalue weighted by atomic mass is 16.3. The smallest absolute Gasteiger partial charge is 0.136 e. The summed E-state index contributed by atoms with van der Waals surface area (Å²) >= 11 is 0. The molecule has 6 rings (SSSR count). The molecule has 0 amide bonds. The van der Waals surface area contributed by atoms with Gasteiger partial charge >= 0.3 is 0 Å². The lowest BCUT2D eigenvalue weighted by molar-refractivity contribution is 0.669. The highest BCUT2D eigenvalue weighted by molar-refractivity contribution is 6.07. The standard InChI is InChI=1S/C28H16N2O/c29-16-18-5-7-19(8-6-18)21-9-11-24-25-13-22(10-12-27(25)31-28(24)15-21)26-14-20-3-1-2-4-23(20)17-30-26/h1-15,17H. The van der Waals surface area contributed by atoms with Crippen molar-refractivity contribution >= 4 is 32.7 Å². The first-order valence-corrected chi connectivity index (χ1v) is 10.1. The Kier molecular flexibility index (Phi) is 3.84. The summed E-state index contributed by atoms with van der Waals surface area (Å²) in [5, 5.41) is 13.5. The van der Waals surface area contributed by atoms with E-state index < -0.39 is 0 Å². The number of nitriles is 1. The van der Waals surface area contributed by atoms with E-state index >= 15 is 0 Å². The van der Waals surface area contributed by atoms with Crippen LogP contribution in [0.3, 0.4) is 0 Å². The normalized spacial score (nSPS) is 11.2. The first-order valence-electron chi connectivity index (χ1n) is 10.1. The summed E-state index contributed by atoms with van der Waals surface area (Å²) in [7, 11) is 0. The summed E-state index contributed by atoms with van der Waals surface area (Å²) in [6.45, 7) is 0. The van der Waals surface area contributed by atoms with E-state index in [1.54, 1.807) is 0 Å². The molecule has 0 aliphatic heterocycles. The Bertz CT molecular complexity index is 1640. The summed E-state index contributed by atoms with van der Waals surface area (Å²) in [4.78, 5) is 4.66. The number of rotatable bonds is 2. The molecule has 0 saturated heterocycles. The fourth-order valence-electron chi connectivity index (χ4n) is 4.09. The van der Waals surface area contributed by atoms with E-state index in [-0.39, 0.29) is 0 Å². The zero-order valence-corrected chi connectivity index (χ0v) is 16.5. The van der Waals surface area contributed by atoms with Crippen molar-refractivity contribution in [3.63, 3.8) is 0 Å². The van der Waals surface area contributed by atoms with Crippen LogP contribution in [-0.2, 0) is 0 Å². The maximum Gasteiger partial charge on any atom is 0.136 e. The van der Waals surface area contributed by atoms with Crippen molar-refractivity contribution < 1.29 is 4.42 Å². The molecule has 0 aliphatic carbocycles. The number of hydrogen-bond donors (Lipinski definition) is 0. The minimum absolute atomic E-state index is 0.656. The number of pyridine rings is 1. The van der Waals surface area contributed by atoms with Crippen LogP contribution in [0.15, 0.2) is 102 Å². The van der Waals surface area contributed by atoms with Crippen LogP contribution >= 0.6 is 0 Å². The maximum atomic E-state index is 9.01. The second kappa shape index (κ2) is 6.83. The summed E-state index contributed by atoms with van der Waals surface area (Å²) in [5.41, 5.74) is 6.50. The quantitative estimate of drug-likeness (QED) is 0.308. The van der Waals surface area contributed by atoms with E-state index in [0.717, 1.165) is 49.7 Å². The van der Waals surface area contributed by atoms with Crippen LogP contribution in [0, 0.1) is 11.3 Å². The summed E-state index contributed by atoms with van der Waals surface area (Å²) in [5.74, 6) is 0. The van der Waals surface area contributed by atoms with Crippen LogP contribution in [-0.4, -0.2) is 4.98 Å². The van der Waals surface area contributed by atoms with Gasteiger partial charge in [0.05, 0.1) is 17.3 Å². The first-order chi connectivity index (χ1) is 15.3. The van der Waals surface area contributed by atoms with Crippen LogP contribution in [0.1, 0.15) is 5.56 Å². The molecule has 4 aromatic carbocycles. The third-order valence-electron chi connectivity index (χ3n) is 5.75. The van der Waals surface area contributed by atoms with Crippen molar-refractivity contribution in [1.29, 1.82) is 5.26 Å². The van der Waals surface area contributed by atoms with Gasteiger partial charge in [0.25, 0.3) is 0 Å². The van der Waals surface area contributed by atoms with Crippen LogP contribution in [0.2, 0.25) is 0 Å². The molecule has 0 bridgehead atoms. The molecule has 3 nitrogen and oxygen atoms in total. The minimum Gasteiger partial charge on any atom is -0.456 e. The molecule has 2 aromatic heterocycles. The van der Waals surface area contributed by atoms with Crippen LogP contribution in [0.5, 0.6) is 0 Å². The second-order valence-electron chi connectivity index (χ2n) is 7.63. The predicted molar refractivity (Wildman–Crippen MR) is 125 cm³/mol. The summed E-state index contributed by atoms with van der Waals surface area (Å²) in [6, 6.07) is 32.6.